The number of carbonyl (C=O) groups excluding carboxylic acids is 1. The van der Waals surface area contributed by atoms with Gasteiger partial charge in [-0.25, -0.2) is 0 Å². The van der Waals surface area contributed by atoms with E-state index in [0.29, 0.717) is 12.1 Å². The first-order valence-corrected chi connectivity index (χ1v) is 4.73. The highest BCUT2D eigenvalue weighted by Gasteiger charge is 2.41. The van der Waals surface area contributed by atoms with Crippen molar-refractivity contribution in [3.8, 4) is 0 Å². The molecule has 0 amide bonds. The fourth-order valence-corrected chi connectivity index (χ4v) is 2.24. The lowest BCUT2D eigenvalue weighted by Gasteiger charge is -2.53. The topological polar surface area (TPSA) is 32.3 Å². The van der Waals surface area contributed by atoms with E-state index in [1.165, 1.54) is 6.42 Å². The normalized spacial score (nSPS) is 37.1. The molecule has 2 bridgehead atoms. The third kappa shape index (κ3) is 1.27. The first-order chi connectivity index (χ1) is 5.81. The van der Waals surface area contributed by atoms with Crippen molar-refractivity contribution in [2.45, 2.75) is 25.4 Å². The average Bonchev–Trinajstić information content (AvgIpc) is 2.14. The zero-order chi connectivity index (χ0) is 8.55. The second-order valence-electron chi connectivity index (χ2n) is 4.01. The lowest BCUT2D eigenvalue weighted by atomic mass is 9.88. The Hall–Kier alpha value is -0.410. The minimum atomic E-state index is 0.202. The van der Waals surface area contributed by atoms with E-state index < -0.39 is 0 Å². The van der Waals surface area contributed by atoms with Crippen LogP contribution in [0.15, 0.2) is 0 Å². The molecule has 0 aromatic carbocycles. The van der Waals surface area contributed by atoms with Gasteiger partial charge in [0.05, 0.1) is 0 Å². The Kier molecular flexibility index (Phi) is 2.15. The molecule has 3 saturated heterocycles. The summed E-state index contributed by atoms with van der Waals surface area (Å²) in [5, 5.41) is 3.38. The number of carbonyl (C=O) groups is 1. The van der Waals surface area contributed by atoms with Crippen molar-refractivity contribution in [2.24, 2.45) is 5.92 Å². The van der Waals surface area contributed by atoms with Gasteiger partial charge in [-0.05, 0) is 6.42 Å². The van der Waals surface area contributed by atoms with Gasteiger partial charge in [-0.3, -0.25) is 4.90 Å². The smallest absolute Gasteiger partial charge is 0.124 e. The molecule has 3 unspecified atom stereocenters. The summed E-state index contributed by atoms with van der Waals surface area (Å²) in [5.74, 6) is 0.202. The number of hydrogen-bond acceptors (Lipinski definition) is 3. The van der Waals surface area contributed by atoms with Crippen LogP contribution < -0.4 is 5.32 Å². The maximum Gasteiger partial charge on any atom is 0.124 e. The number of piperidine rings is 1. The summed E-state index contributed by atoms with van der Waals surface area (Å²) in [6.07, 6.45) is 2.39. The molecule has 3 atom stereocenters. The largest absolute Gasteiger partial charge is 0.314 e. The fraction of sp³-hybridized carbons (Fsp3) is 0.889. The van der Waals surface area contributed by atoms with Crippen LogP contribution in [-0.2, 0) is 4.79 Å². The standard InChI is InChI=1S/C9H16N2O/c1-7(6-12)5-11-8-2-9(11)4-10-3-8/h6-10H,2-5H2,1H3. The number of fused-ring (bicyclic) bond motifs is 2. The highest BCUT2D eigenvalue weighted by molar-refractivity contribution is 5.53. The summed E-state index contributed by atoms with van der Waals surface area (Å²) in [6.45, 7) is 5.18. The summed E-state index contributed by atoms with van der Waals surface area (Å²) in [5.41, 5.74) is 0. The van der Waals surface area contributed by atoms with Crippen molar-refractivity contribution < 1.29 is 4.79 Å². The molecule has 0 spiro atoms. The molecule has 0 saturated carbocycles. The van der Waals surface area contributed by atoms with Crippen LogP contribution in [0.4, 0.5) is 0 Å². The summed E-state index contributed by atoms with van der Waals surface area (Å²) in [7, 11) is 0. The van der Waals surface area contributed by atoms with Gasteiger partial charge in [0.25, 0.3) is 0 Å². The molecule has 3 rings (SSSR count). The monoisotopic (exact) mass is 168 g/mol. The van der Waals surface area contributed by atoms with Crippen LogP contribution in [0.25, 0.3) is 0 Å². The predicted molar refractivity (Wildman–Crippen MR) is 47.0 cm³/mol. The van der Waals surface area contributed by atoms with E-state index in [1.54, 1.807) is 0 Å². The van der Waals surface area contributed by atoms with Crippen molar-refractivity contribution in [3.63, 3.8) is 0 Å². The maximum atomic E-state index is 10.5. The van der Waals surface area contributed by atoms with Crippen molar-refractivity contribution in [3.05, 3.63) is 0 Å². The third-order valence-corrected chi connectivity index (χ3v) is 2.97. The molecular weight excluding hydrogens is 152 g/mol. The Morgan fingerprint density at radius 2 is 2.25 bits per heavy atom. The molecule has 3 nitrogen and oxygen atoms in total. The first-order valence-electron chi connectivity index (χ1n) is 4.73. The quantitative estimate of drug-likeness (QED) is 0.596. The summed E-state index contributed by atoms with van der Waals surface area (Å²) in [6, 6.07) is 1.43. The Morgan fingerprint density at radius 3 is 2.75 bits per heavy atom. The van der Waals surface area contributed by atoms with Gasteiger partial charge in [0.2, 0.25) is 0 Å². The molecule has 3 heterocycles. The molecule has 0 radical (unpaired) electrons. The van der Waals surface area contributed by atoms with E-state index >= 15 is 0 Å². The lowest BCUT2D eigenvalue weighted by Crippen LogP contribution is -2.68. The zero-order valence-electron chi connectivity index (χ0n) is 7.49. The van der Waals surface area contributed by atoms with E-state index in [0.717, 1.165) is 25.9 Å². The molecule has 3 aliphatic heterocycles. The molecule has 12 heavy (non-hydrogen) atoms. The molecule has 1 N–H and O–H groups in total. The predicted octanol–water partition coefficient (Wildman–Crippen LogP) is -0.132. The van der Waals surface area contributed by atoms with E-state index in [-0.39, 0.29) is 5.92 Å². The first kappa shape index (κ1) is 8.20. The van der Waals surface area contributed by atoms with Gasteiger partial charge in [0.15, 0.2) is 0 Å². The Balaban J connectivity index is 1.85. The molecule has 3 heteroatoms. The number of nitrogens with zero attached hydrogens (tertiary/aromatic N) is 1. The van der Waals surface area contributed by atoms with Crippen LogP contribution in [0.2, 0.25) is 0 Å². The van der Waals surface area contributed by atoms with Gasteiger partial charge in [-0.2, -0.15) is 0 Å². The van der Waals surface area contributed by atoms with Gasteiger partial charge in [-0.15, -0.1) is 0 Å². The molecule has 3 fully saturated rings. The molecule has 0 aliphatic carbocycles. The van der Waals surface area contributed by atoms with E-state index in [1.807, 2.05) is 6.92 Å². The fourth-order valence-electron chi connectivity index (χ4n) is 2.24. The summed E-state index contributed by atoms with van der Waals surface area (Å²) >= 11 is 0. The number of rotatable bonds is 3. The Labute approximate surface area is 73.1 Å². The van der Waals surface area contributed by atoms with E-state index in [2.05, 4.69) is 10.2 Å². The van der Waals surface area contributed by atoms with Gasteiger partial charge in [0.1, 0.15) is 6.29 Å². The minimum absolute atomic E-state index is 0.202. The maximum absolute atomic E-state index is 10.5. The van der Waals surface area contributed by atoms with Crippen molar-refractivity contribution in [2.75, 3.05) is 19.6 Å². The lowest BCUT2D eigenvalue weighted by molar-refractivity contribution is -0.113. The van der Waals surface area contributed by atoms with Crippen LogP contribution in [0.3, 0.4) is 0 Å². The van der Waals surface area contributed by atoms with Gasteiger partial charge < -0.3 is 10.1 Å². The molecule has 68 valence electrons. The minimum Gasteiger partial charge on any atom is -0.314 e. The van der Waals surface area contributed by atoms with Gasteiger partial charge >= 0.3 is 0 Å². The number of nitrogens with one attached hydrogen (secondary N) is 1. The van der Waals surface area contributed by atoms with Crippen LogP contribution in [0, 0.1) is 5.92 Å². The summed E-state index contributed by atoms with van der Waals surface area (Å²) in [4.78, 5) is 12.9. The molecule has 0 aromatic rings. The Bertz CT molecular complexity index is 169. The number of piperazine rings is 1. The molecule has 0 aromatic heterocycles. The van der Waals surface area contributed by atoms with Crippen LogP contribution >= 0.6 is 0 Å². The second kappa shape index (κ2) is 3.15. The van der Waals surface area contributed by atoms with Gasteiger partial charge in [0, 0.05) is 37.6 Å². The van der Waals surface area contributed by atoms with E-state index in [4.69, 9.17) is 0 Å². The van der Waals surface area contributed by atoms with Crippen molar-refractivity contribution in [1.29, 1.82) is 0 Å². The second-order valence-corrected chi connectivity index (χ2v) is 4.01. The van der Waals surface area contributed by atoms with Crippen LogP contribution in [-0.4, -0.2) is 42.9 Å². The number of hydrogen-bond donors (Lipinski definition) is 1. The van der Waals surface area contributed by atoms with Crippen molar-refractivity contribution >= 4 is 6.29 Å². The Morgan fingerprint density at radius 1 is 1.58 bits per heavy atom. The third-order valence-electron chi connectivity index (χ3n) is 2.97. The number of aldehydes is 1. The van der Waals surface area contributed by atoms with E-state index in [9.17, 15) is 4.79 Å². The van der Waals surface area contributed by atoms with Crippen molar-refractivity contribution in [1.82, 2.24) is 10.2 Å². The summed E-state index contributed by atoms with van der Waals surface area (Å²) < 4.78 is 0. The molecular formula is C9H16N2O. The van der Waals surface area contributed by atoms with Gasteiger partial charge in [-0.1, -0.05) is 6.92 Å². The molecule has 3 aliphatic rings. The van der Waals surface area contributed by atoms with Crippen LogP contribution in [0.1, 0.15) is 13.3 Å². The zero-order valence-corrected chi connectivity index (χ0v) is 7.49. The average molecular weight is 168 g/mol. The SMILES string of the molecule is CC(C=O)CN1C2CNCC1C2. The highest BCUT2D eigenvalue weighted by atomic mass is 16.1. The highest BCUT2D eigenvalue weighted by Crippen LogP contribution is 2.28. The van der Waals surface area contributed by atoms with Crippen LogP contribution in [0.5, 0.6) is 0 Å².